The molecule has 0 aliphatic rings. The first-order valence-electron chi connectivity index (χ1n) is 11.0. The molecule has 0 spiro atoms. The molecule has 6 aromatic rings. The second-order valence-electron chi connectivity index (χ2n) is 8.08. The van der Waals surface area contributed by atoms with Crippen LogP contribution in [0.15, 0.2) is 84.9 Å². The number of fused-ring (bicyclic) bond motifs is 2. The van der Waals surface area contributed by atoms with Gasteiger partial charge in [-0.15, -0.1) is 0 Å². The fourth-order valence-corrected chi connectivity index (χ4v) is 4.51. The average molecular weight is 494 g/mol. The molecule has 0 radical (unpaired) electrons. The van der Waals surface area contributed by atoms with Crippen molar-refractivity contribution in [3.8, 4) is 33.8 Å². The minimum absolute atomic E-state index is 0.109. The van der Waals surface area contributed by atoms with E-state index in [1.165, 1.54) is 0 Å². The van der Waals surface area contributed by atoms with Crippen LogP contribution in [0.25, 0.3) is 56.0 Å². The molecule has 7 heteroatoms. The van der Waals surface area contributed by atoms with Gasteiger partial charge in [0.05, 0.1) is 16.7 Å². The maximum absolute atomic E-state index is 6.23. The standard InChI is InChI=1S/C28H17Cl2N5/c1-16-21(17-10-4-2-5-11-17)24(34-28-22(16)33-26(29)27(30)35-28)25-23(18-12-6-3-7-13-18)31-19-14-8-9-15-20(19)32-25/h2-15H,1H3. The Bertz CT molecular complexity index is 1720. The van der Waals surface area contributed by atoms with E-state index in [1.807, 2.05) is 91.9 Å². The Balaban J connectivity index is 1.77. The monoisotopic (exact) mass is 493 g/mol. The number of halogens is 2. The zero-order chi connectivity index (χ0) is 23.9. The van der Waals surface area contributed by atoms with Crippen molar-refractivity contribution in [2.75, 3.05) is 0 Å². The van der Waals surface area contributed by atoms with Crippen LogP contribution in [0.1, 0.15) is 5.56 Å². The smallest absolute Gasteiger partial charge is 0.180 e. The van der Waals surface area contributed by atoms with E-state index in [-0.39, 0.29) is 10.3 Å². The summed E-state index contributed by atoms with van der Waals surface area (Å²) in [5, 5.41) is 0.253. The van der Waals surface area contributed by atoms with E-state index in [0.717, 1.165) is 39.0 Å². The third-order valence-corrected chi connectivity index (χ3v) is 6.51. The highest BCUT2D eigenvalue weighted by atomic mass is 35.5. The van der Waals surface area contributed by atoms with Gasteiger partial charge in [0.2, 0.25) is 0 Å². The first kappa shape index (κ1) is 21.6. The lowest BCUT2D eigenvalue weighted by molar-refractivity contribution is 1.19. The largest absolute Gasteiger partial charge is 0.244 e. The van der Waals surface area contributed by atoms with Crippen LogP contribution in [0.4, 0.5) is 0 Å². The van der Waals surface area contributed by atoms with Crippen LogP contribution in [0.5, 0.6) is 0 Å². The molecule has 5 nitrogen and oxygen atoms in total. The van der Waals surface area contributed by atoms with Gasteiger partial charge in [0, 0.05) is 11.1 Å². The van der Waals surface area contributed by atoms with Crippen molar-refractivity contribution in [3.63, 3.8) is 0 Å². The van der Waals surface area contributed by atoms with E-state index >= 15 is 0 Å². The Kier molecular flexibility index (Phi) is 5.36. The van der Waals surface area contributed by atoms with E-state index in [4.69, 9.17) is 38.2 Å². The summed E-state index contributed by atoms with van der Waals surface area (Å²) in [6, 6.07) is 27.9. The lowest BCUT2D eigenvalue weighted by Crippen LogP contribution is -2.03. The second-order valence-corrected chi connectivity index (χ2v) is 8.80. The Morgan fingerprint density at radius 3 is 1.71 bits per heavy atom. The van der Waals surface area contributed by atoms with Gasteiger partial charge in [0.1, 0.15) is 16.9 Å². The molecule has 0 fully saturated rings. The summed E-state index contributed by atoms with van der Waals surface area (Å²) < 4.78 is 0. The summed E-state index contributed by atoms with van der Waals surface area (Å²) in [5.74, 6) is 0. The summed E-state index contributed by atoms with van der Waals surface area (Å²) in [4.78, 5) is 24.0. The SMILES string of the molecule is Cc1c(-c2ccccc2)c(-c2nc3ccccc3nc2-c2ccccc2)nc2nc(Cl)c(Cl)nc12. The first-order chi connectivity index (χ1) is 17.1. The summed E-state index contributed by atoms with van der Waals surface area (Å²) in [7, 11) is 0. The number of hydrogen-bond acceptors (Lipinski definition) is 5. The van der Waals surface area contributed by atoms with Crippen molar-refractivity contribution >= 4 is 45.4 Å². The van der Waals surface area contributed by atoms with Gasteiger partial charge in [-0.3, -0.25) is 0 Å². The Labute approximate surface area is 211 Å². The third-order valence-electron chi connectivity index (χ3n) is 5.89. The predicted molar refractivity (Wildman–Crippen MR) is 141 cm³/mol. The summed E-state index contributed by atoms with van der Waals surface area (Å²) >= 11 is 12.5. The molecule has 0 atom stereocenters. The van der Waals surface area contributed by atoms with Crippen LogP contribution < -0.4 is 0 Å². The van der Waals surface area contributed by atoms with Crippen LogP contribution in [0.2, 0.25) is 10.3 Å². The van der Waals surface area contributed by atoms with E-state index in [1.54, 1.807) is 0 Å². The zero-order valence-electron chi connectivity index (χ0n) is 18.6. The first-order valence-corrected chi connectivity index (χ1v) is 11.8. The lowest BCUT2D eigenvalue weighted by atomic mass is 9.94. The molecule has 3 aromatic heterocycles. The summed E-state index contributed by atoms with van der Waals surface area (Å²) in [6.45, 7) is 1.99. The van der Waals surface area contributed by atoms with Gasteiger partial charge in [-0.05, 0) is 30.2 Å². The quantitative estimate of drug-likeness (QED) is 0.254. The number of benzene rings is 3. The molecule has 3 heterocycles. The van der Waals surface area contributed by atoms with Gasteiger partial charge in [-0.2, -0.15) is 0 Å². The van der Waals surface area contributed by atoms with Crippen molar-refractivity contribution in [1.82, 2.24) is 24.9 Å². The van der Waals surface area contributed by atoms with Gasteiger partial charge in [0.15, 0.2) is 16.0 Å². The highest BCUT2D eigenvalue weighted by Gasteiger charge is 2.23. The van der Waals surface area contributed by atoms with Crippen LogP contribution in [0, 0.1) is 6.92 Å². The molecular weight excluding hydrogens is 477 g/mol. The average Bonchev–Trinajstić information content (AvgIpc) is 2.90. The predicted octanol–water partition coefficient (Wildman–Crippen LogP) is 7.58. The highest BCUT2D eigenvalue weighted by molar-refractivity contribution is 6.40. The van der Waals surface area contributed by atoms with Crippen molar-refractivity contribution < 1.29 is 0 Å². The normalized spacial score (nSPS) is 11.3. The molecule has 0 amide bonds. The fourth-order valence-electron chi connectivity index (χ4n) is 4.27. The number of nitrogens with zero attached hydrogens (tertiary/aromatic N) is 5. The number of hydrogen-bond donors (Lipinski definition) is 0. The molecule has 3 aromatic carbocycles. The number of pyridine rings is 1. The van der Waals surface area contributed by atoms with E-state index in [2.05, 4.69) is 9.97 Å². The van der Waals surface area contributed by atoms with Crippen LogP contribution in [0.3, 0.4) is 0 Å². The van der Waals surface area contributed by atoms with E-state index < -0.39 is 0 Å². The molecule has 35 heavy (non-hydrogen) atoms. The van der Waals surface area contributed by atoms with Crippen molar-refractivity contribution in [2.24, 2.45) is 0 Å². The molecule has 0 N–H and O–H groups in total. The van der Waals surface area contributed by atoms with Crippen molar-refractivity contribution in [2.45, 2.75) is 6.92 Å². The van der Waals surface area contributed by atoms with Crippen molar-refractivity contribution in [3.05, 3.63) is 101 Å². The molecule has 168 valence electrons. The second kappa shape index (κ2) is 8.69. The molecule has 0 aliphatic heterocycles. The maximum Gasteiger partial charge on any atom is 0.180 e. The van der Waals surface area contributed by atoms with E-state index in [0.29, 0.717) is 22.6 Å². The number of aromatic nitrogens is 5. The minimum atomic E-state index is 0.109. The van der Waals surface area contributed by atoms with Gasteiger partial charge in [0.25, 0.3) is 0 Å². The molecule has 0 aliphatic carbocycles. The number of para-hydroxylation sites is 2. The Morgan fingerprint density at radius 1 is 0.514 bits per heavy atom. The highest BCUT2D eigenvalue weighted by Crippen LogP contribution is 2.40. The Morgan fingerprint density at radius 2 is 1.06 bits per heavy atom. The molecular formula is C28H17Cl2N5. The van der Waals surface area contributed by atoms with Gasteiger partial charge < -0.3 is 0 Å². The summed E-state index contributed by atoms with van der Waals surface area (Å²) in [6.07, 6.45) is 0. The third kappa shape index (κ3) is 3.79. The molecule has 6 rings (SSSR count). The van der Waals surface area contributed by atoms with E-state index in [9.17, 15) is 0 Å². The number of rotatable bonds is 3. The van der Waals surface area contributed by atoms with Gasteiger partial charge in [-0.1, -0.05) is 96.0 Å². The number of aryl methyl sites for hydroxylation is 1. The lowest BCUT2D eigenvalue weighted by Gasteiger charge is -2.17. The molecule has 0 bridgehead atoms. The molecule has 0 saturated carbocycles. The fraction of sp³-hybridized carbons (Fsp3) is 0.0357. The van der Waals surface area contributed by atoms with Crippen molar-refractivity contribution in [1.29, 1.82) is 0 Å². The molecule has 0 unspecified atom stereocenters. The topological polar surface area (TPSA) is 64.5 Å². The van der Waals surface area contributed by atoms with Crippen LogP contribution in [-0.2, 0) is 0 Å². The summed E-state index contributed by atoms with van der Waals surface area (Å²) in [5.41, 5.74) is 8.35. The van der Waals surface area contributed by atoms with Crippen LogP contribution in [-0.4, -0.2) is 24.9 Å². The van der Waals surface area contributed by atoms with Gasteiger partial charge in [-0.25, -0.2) is 24.9 Å². The van der Waals surface area contributed by atoms with Crippen LogP contribution >= 0.6 is 23.2 Å². The minimum Gasteiger partial charge on any atom is -0.244 e. The van der Waals surface area contributed by atoms with Gasteiger partial charge >= 0.3 is 0 Å². The zero-order valence-corrected chi connectivity index (χ0v) is 20.1. The maximum atomic E-state index is 6.23. The molecule has 0 saturated heterocycles. The Hall–Kier alpha value is -3.93.